The molecule has 28 heavy (non-hydrogen) atoms. The molecule has 0 fully saturated rings. The lowest BCUT2D eigenvalue weighted by molar-refractivity contribution is 0.633. The average Bonchev–Trinajstić information content (AvgIpc) is 3.32. The Morgan fingerprint density at radius 3 is 1.36 bits per heavy atom. The summed E-state index contributed by atoms with van der Waals surface area (Å²) < 4.78 is 12.6. The van der Waals surface area contributed by atoms with Crippen molar-refractivity contribution in [2.45, 2.75) is 0 Å². The van der Waals surface area contributed by atoms with Gasteiger partial charge in [-0.15, -0.1) is 0 Å². The fourth-order valence-electron chi connectivity index (χ4n) is 4.61. The largest absolute Gasteiger partial charge is 0.452 e. The average molecular weight is 358 g/mol. The molecule has 130 valence electrons. The summed E-state index contributed by atoms with van der Waals surface area (Å²) in [4.78, 5) is 0. The zero-order chi connectivity index (χ0) is 18.2. The molecule has 2 heteroatoms. The molecule has 0 saturated heterocycles. The van der Waals surface area contributed by atoms with E-state index in [9.17, 15) is 0 Å². The number of hydrogen-bond acceptors (Lipinski definition) is 2. The van der Waals surface area contributed by atoms with Crippen molar-refractivity contribution in [1.29, 1.82) is 0 Å². The smallest absolute Gasteiger partial charge is 0.178 e. The molecule has 2 nitrogen and oxygen atoms in total. The molecule has 0 bridgehead atoms. The van der Waals surface area contributed by atoms with Crippen LogP contribution in [0.1, 0.15) is 0 Å². The maximum atomic E-state index is 6.32. The van der Waals surface area contributed by atoms with Crippen molar-refractivity contribution in [1.82, 2.24) is 0 Å². The summed E-state index contributed by atoms with van der Waals surface area (Å²) in [5.74, 6) is 0. The maximum Gasteiger partial charge on any atom is 0.178 e. The Bertz CT molecular complexity index is 1580. The molecule has 0 aliphatic rings. The van der Waals surface area contributed by atoms with E-state index in [1.807, 2.05) is 0 Å². The van der Waals surface area contributed by atoms with Gasteiger partial charge >= 0.3 is 0 Å². The van der Waals surface area contributed by atoms with E-state index in [-0.39, 0.29) is 0 Å². The highest BCUT2D eigenvalue weighted by Crippen LogP contribution is 2.42. The summed E-state index contributed by atoms with van der Waals surface area (Å²) >= 11 is 0. The van der Waals surface area contributed by atoms with Gasteiger partial charge in [-0.1, -0.05) is 60.7 Å². The van der Waals surface area contributed by atoms with Crippen molar-refractivity contribution in [2.24, 2.45) is 0 Å². The second-order valence-corrected chi connectivity index (χ2v) is 7.34. The van der Waals surface area contributed by atoms with Crippen molar-refractivity contribution in [3.05, 3.63) is 84.9 Å². The van der Waals surface area contributed by atoms with E-state index in [1.165, 1.54) is 21.5 Å². The molecule has 0 aliphatic carbocycles. The standard InChI is InChI=1S/C26H14O2/c1-3-7-17-15(5-1)9-13-21-23(17)19-11-12-20-24-18-8-4-2-6-16(18)10-14-22(24)28-26(20)25(19)27-21/h1-14H. The van der Waals surface area contributed by atoms with Crippen LogP contribution in [0.15, 0.2) is 93.8 Å². The van der Waals surface area contributed by atoms with Crippen LogP contribution >= 0.6 is 0 Å². The van der Waals surface area contributed by atoms with E-state index in [1.54, 1.807) is 0 Å². The van der Waals surface area contributed by atoms with Gasteiger partial charge in [0.2, 0.25) is 0 Å². The number of rotatable bonds is 0. The van der Waals surface area contributed by atoms with Gasteiger partial charge < -0.3 is 8.83 Å². The van der Waals surface area contributed by atoms with Gasteiger partial charge in [0.1, 0.15) is 11.2 Å². The van der Waals surface area contributed by atoms with E-state index in [4.69, 9.17) is 8.83 Å². The highest BCUT2D eigenvalue weighted by atomic mass is 16.4. The van der Waals surface area contributed by atoms with Gasteiger partial charge in [0.05, 0.1) is 0 Å². The lowest BCUT2D eigenvalue weighted by Crippen LogP contribution is -1.74. The zero-order valence-electron chi connectivity index (χ0n) is 14.9. The van der Waals surface area contributed by atoms with Crippen LogP contribution in [-0.2, 0) is 0 Å². The zero-order valence-corrected chi connectivity index (χ0v) is 14.9. The van der Waals surface area contributed by atoms with Crippen molar-refractivity contribution in [3.8, 4) is 0 Å². The molecule has 0 spiro atoms. The molecular weight excluding hydrogens is 344 g/mol. The number of furan rings is 2. The molecule has 0 aliphatic heterocycles. The SMILES string of the molecule is c1ccc2c(c1)ccc1oc3c(ccc4c3oc3ccc5ccccc5c34)c12. The van der Waals surface area contributed by atoms with Crippen molar-refractivity contribution in [3.63, 3.8) is 0 Å². The Morgan fingerprint density at radius 2 is 0.857 bits per heavy atom. The Balaban J connectivity index is 1.73. The van der Waals surface area contributed by atoms with Crippen molar-refractivity contribution < 1.29 is 8.83 Å². The predicted molar refractivity (Wildman–Crippen MR) is 116 cm³/mol. The van der Waals surface area contributed by atoms with E-state index in [0.717, 1.165) is 43.9 Å². The maximum absolute atomic E-state index is 6.32. The van der Waals surface area contributed by atoms with Gasteiger partial charge in [0.15, 0.2) is 11.2 Å². The summed E-state index contributed by atoms with van der Waals surface area (Å²) in [6, 6.07) is 29.6. The van der Waals surface area contributed by atoms with Gasteiger partial charge in [-0.25, -0.2) is 0 Å². The summed E-state index contributed by atoms with van der Waals surface area (Å²) in [7, 11) is 0. The summed E-state index contributed by atoms with van der Waals surface area (Å²) in [5.41, 5.74) is 3.44. The van der Waals surface area contributed by atoms with Crippen molar-refractivity contribution >= 4 is 65.4 Å². The Kier molecular flexibility index (Phi) is 2.52. The van der Waals surface area contributed by atoms with Gasteiger partial charge in [-0.05, 0) is 45.8 Å². The quantitative estimate of drug-likeness (QED) is 0.276. The van der Waals surface area contributed by atoms with E-state index >= 15 is 0 Å². The second kappa shape index (κ2) is 4.93. The molecule has 0 N–H and O–H groups in total. The molecule has 0 saturated carbocycles. The van der Waals surface area contributed by atoms with Gasteiger partial charge in [-0.2, -0.15) is 0 Å². The molecule has 0 radical (unpaired) electrons. The van der Waals surface area contributed by atoms with Crippen LogP contribution in [0, 0.1) is 0 Å². The Hall–Kier alpha value is -3.78. The number of benzene rings is 5. The Labute approximate surface area is 159 Å². The van der Waals surface area contributed by atoms with Crippen LogP contribution in [0.25, 0.3) is 65.4 Å². The predicted octanol–water partition coefficient (Wildman–Crippen LogP) is 7.79. The highest BCUT2D eigenvalue weighted by Gasteiger charge is 2.18. The lowest BCUT2D eigenvalue weighted by Gasteiger charge is -1.99. The minimum absolute atomic E-state index is 0.823. The Morgan fingerprint density at radius 1 is 0.393 bits per heavy atom. The van der Waals surface area contributed by atoms with E-state index < -0.39 is 0 Å². The molecule has 2 aromatic heterocycles. The van der Waals surface area contributed by atoms with Crippen LogP contribution in [0.5, 0.6) is 0 Å². The van der Waals surface area contributed by atoms with Crippen LogP contribution in [0.2, 0.25) is 0 Å². The number of fused-ring (bicyclic) bond motifs is 11. The van der Waals surface area contributed by atoms with Crippen LogP contribution in [-0.4, -0.2) is 0 Å². The number of hydrogen-bond donors (Lipinski definition) is 0. The fourth-order valence-corrected chi connectivity index (χ4v) is 4.61. The third-order valence-electron chi connectivity index (χ3n) is 5.86. The van der Waals surface area contributed by atoms with Gasteiger partial charge in [0, 0.05) is 21.5 Å². The minimum Gasteiger partial charge on any atom is -0.452 e. The highest BCUT2D eigenvalue weighted by molar-refractivity contribution is 6.27. The normalized spacial score (nSPS) is 12.3. The third-order valence-corrected chi connectivity index (χ3v) is 5.86. The molecule has 7 rings (SSSR count). The van der Waals surface area contributed by atoms with Crippen LogP contribution in [0.4, 0.5) is 0 Å². The molecule has 0 amide bonds. The first-order valence-electron chi connectivity index (χ1n) is 9.45. The van der Waals surface area contributed by atoms with Gasteiger partial charge in [0.25, 0.3) is 0 Å². The van der Waals surface area contributed by atoms with E-state index in [2.05, 4.69) is 84.9 Å². The monoisotopic (exact) mass is 358 g/mol. The molecular formula is C26H14O2. The lowest BCUT2D eigenvalue weighted by atomic mass is 10.0. The topological polar surface area (TPSA) is 26.3 Å². The molecule has 5 aromatic carbocycles. The summed E-state index contributed by atoms with van der Waals surface area (Å²) in [6.07, 6.45) is 0. The summed E-state index contributed by atoms with van der Waals surface area (Å²) in [6.45, 7) is 0. The third kappa shape index (κ3) is 1.68. The van der Waals surface area contributed by atoms with Gasteiger partial charge in [-0.3, -0.25) is 0 Å². The first-order chi connectivity index (χ1) is 13.9. The minimum atomic E-state index is 0.823. The molecule has 0 atom stereocenters. The molecule has 2 heterocycles. The first-order valence-corrected chi connectivity index (χ1v) is 9.45. The first kappa shape index (κ1) is 14.3. The summed E-state index contributed by atoms with van der Waals surface area (Å²) in [5, 5.41) is 9.35. The fraction of sp³-hybridized carbons (Fsp3) is 0. The second-order valence-electron chi connectivity index (χ2n) is 7.34. The van der Waals surface area contributed by atoms with Crippen LogP contribution < -0.4 is 0 Å². The molecule has 0 unspecified atom stereocenters. The molecule has 7 aromatic rings. The van der Waals surface area contributed by atoms with Crippen LogP contribution in [0.3, 0.4) is 0 Å². The van der Waals surface area contributed by atoms with Crippen molar-refractivity contribution in [2.75, 3.05) is 0 Å². The van der Waals surface area contributed by atoms with E-state index in [0.29, 0.717) is 0 Å².